The van der Waals surface area contributed by atoms with E-state index in [0.29, 0.717) is 5.56 Å². The van der Waals surface area contributed by atoms with E-state index in [-0.39, 0.29) is 5.91 Å². The van der Waals surface area contributed by atoms with Crippen LogP contribution in [0.5, 0.6) is 0 Å². The summed E-state index contributed by atoms with van der Waals surface area (Å²) in [6.07, 6.45) is 2.67. The van der Waals surface area contributed by atoms with E-state index in [9.17, 15) is 4.79 Å². The molecule has 0 heterocycles. The average molecular weight is 218 g/mol. The zero-order valence-electron chi connectivity index (χ0n) is 9.84. The maximum Gasteiger partial charge on any atom is 0.251 e. The van der Waals surface area contributed by atoms with Crippen LogP contribution >= 0.6 is 0 Å². The predicted molar refractivity (Wildman–Crippen MR) is 65.8 cm³/mol. The largest absolute Gasteiger partial charge is 0.385 e. The lowest BCUT2D eigenvalue weighted by atomic mass is 10.1. The molecule has 0 saturated heterocycles. The first kappa shape index (κ1) is 11.0. The van der Waals surface area contributed by atoms with Crippen molar-refractivity contribution in [3.05, 3.63) is 29.3 Å². The van der Waals surface area contributed by atoms with Gasteiger partial charge in [0.15, 0.2) is 0 Å². The van der Waals surface area contributed by atoms with E-state index in [2.05, 4.69) is 17.6 Å². The van der Waals surface area contributed by atoms with Gasteiger partial charge < -0.3 is 10.6 Å². The van der Waals surface area contributed by atoms with Gasteiger partial charge in [0.2, 0.25) is 0 Å². The second-order valence-corrected chi connectivity index (χ2v) is 4.43. The lowest BCUT2D eigenvalue weighted by molar-refractivity contribution is 0.0963. The number of amides is 1. The smallest absolute Gasteiger partial charge is 0.251 e. The van der Waals surface area contributed by atoms with Crippen molar-refractivity contribution in [3.63, 3.8) is 0 Å². The summed E-state index contributed by atoms with van der Waals surface area (Å²) in [4.78, 5) is 11.5. The second-order valence-electron chi connectivity index (χ2n) is 4.43. The Kier molecular flexibility index (Phi) is 3.13. The van der Waals surface area contributed by atoms with E-state index < -0.39 is 0 Å². The number of hydrogen-bond acceptors (Lipinski definition) is 2. The van der Waals surface area contributed by atoms with E-state index in [1.807, 2.05) is 18.2 Å². The third kappa shape index (κ3) is 2.54. The predicted octanol–water partition coefficient (Wildman–Crippen LogP) is 2.18. The topological polar surface area (TPSA) is 41.1 Å². The highest BCUT2D eigenvalue weighted by Gasteiger charge is 2.20. The SMILES string of the molecule is CNC(=O)c1ccc(C)c(NCC2CC2)c1. The number of carbonyl (C=O) groups is 1. The summed E-state index contributed by atoms with van der Waals surface area (Å²) in [6, 6.07) is 5.77. The third-order valence-corrected chi connectivity index (χ3v) is 3.00. The quantitative estimate of drug-likeness (QED) is 0.813. The molecule has 0 spiro atoms. The molecule has 16 heavy (non-hydrogen) atoms. The number of hydrogen-bond donors (Lipinski definition) is 2. The summed E-state index contributed by atoms with van der Waals surface area (Å²) < 4.78 is 0. The highest BCUT2D eigenvalue weighted by molar-refractivity contribution is 5.95. The maximum absolute atomic E-state index is 11.5. The van der Waals surface area contributed by atoms with Crippen LogP contribution < -0.4 is 10.6 Å². The number of aryl methyl sites for hydroxylation is 1. The van der Waals surface area contributed by atoms with Crippen molar-refractivity contribution in [1.29, 1.82) is 0 Å². The lowest BCUT2D eigenvalue weighted by Crippen LogP contribution is -2.18. The number of anilines is 1. The molecule has 1 aromatic rings. The van der Waals surface area contributed by atoms with Gasteiger partial charge in [-0.1, -0.05) is 6.07 Å². The van der Waals surface area contributed by atoms with Gasteiger partial charge in [0.05, 0.1) is 0 Å². The van der Waals surface area contributed by atoms with Crippen molar-refractivity contribution in [2.75, 3.05) is 18.9 Å². The monoisotopic (exact) mass is 218 g/mol. The molecule has 1 aromatic carbocycles. The highest BCUT2D eigenvalue weighted by Crippen LogP contribution is 2.29. The number of carbonyl (C=O) groups excluding carboxylic acids is 1. The molecule has 3 nitrogen and oxygen atoms in total. The molecule has 0 aliphatic heterocycles. The van der Waals surface area contributed by atoms with Gasteiger partial charge in [-0.3, -0.25) is 4.79 Å². The zero-order valence-corrected chi connectivity index (χ0v) is 9.84. The van der Waals surface area contributed by atoms with Crippen molar-refractivity contribution < 1.29 is 4.79 Å². The van der Waals surface area contributed by atoms with Crippen molar-refractivity contribution in [2.24, 2.45) is 5.92 Å². The molecule has 0 unspecified atom stereocenters. The van der Waals surface area contributed by atoms with Gasteiger partial charge in [0, 0.05) is 24.8 Å². The number of benzene rings is 1. The van der Waals surface area contributed by atoms with Crippen molar-refractivity contribution in [2.45, 2.75) is 19.8 Å². The Morgan fingerprint density at radius 1 is 1.44 bits per heavy atom. The highest BCUT2D eigenvalue weighted by atomic mass is 16.1. The molecule has 1 amide bonds. The van der Waals surface area contributed by atoms with E-state index in [0.717, 1.165) is 18.2 Å². The molecular weight excluding hydrogens is 200 g/mol. The first-order chi connectivity index (χ1) is 7.70. The fourth-order valence-electron chi connectivity index (χ4n) is 1.67. The van der Waals surface area contributed by atoms with E-state index in [4.69, 9.17) is 0 Å². The molecule has 0 aromatic heterocycles. The molecule has 0 bridgehead atoms. The minimum absolute atomic E-state index is 0.0329. The first-order valence-corrected chi connectivity index (χ1v) is 5.77. The van der Waals surface area contributed by atoms with Gasteiger partial charge in [-0.15, -0.1) is 0 Å². The molecule has 1 aliphatic rings. The molecular formula is C13H18N2O. The van der Waals surface area contributed by atoms with Crippen LogP contribution in [-0.2, 0) is 0 Å². The summed E-state index contributed by atoms with van der Waals surface area (Å²) in [5.41, 5.74) is 2.98. The summed E-state index contributed by atoms with van der Waals surface area (Å²) >= 11 is 0. The van der Waals surface area contributed by atoms with Gasteiger partial charge in [-0.25, -0.2) is 0 Å². The van der Waals surface area contributed by atoms with Crippen LogP contribution in [0.25, 0.3) is 0 Å². The van der Waals surface area contributed by atoms with Crippen LogP contribution in [0, 0.1) is 12.8 Å². The van der Waals surface area contributed by atoms with Gasteiger partial charge >= 0.3 is 0 Å². The standard InChI is InChI=1S/C13H18N2O/c1-9-3-6-11(13(16)14-2)7-12(9)15-8-10-4-5-10/h3,6-7,10,15H,4-5,8H2,1-2H3,(H,14,16). The van der Waals surface area contributed by atoms with Crippen LogP contribution in [0.4, 0.5) is 5.69 Å². The molecule has 1 saturated carbocycles. The molecule has 0 atom stereocenters. The normalized spacial score (nSPS) is 14.6. The van der Waals surface area contributed by atoms with Gasteiger partial charge in [-0.05, 0) is 43.4 Å². The summed E-state index contributed by atoms with van der Waals surface area (Å²) in [5.74, 6) is 0.803. The van der Waals surface area contributed by atoms with E-state index in [1.165, 1.54) is 18.4 Å². The lowest BCUT2D eigenvalue weighted by Gasteiger charge is -2.10. The molecule has 1 fully saturated rings. The molecule has 1 aliphatic carbocycles. The first-order valence-electron chi connectivity index (χ1n) is 5.77. The fourth-order valence-corrected chi connectivity index (χ4v) is 1.67. The van der Waals surface area contributed by atoms with Crippen LogP contribution in [0.2, 0.25) is 0 Å². The fraction of sp³-hybridized carbons (Fsp3) is 0.462. The van der Waals surface area contributed by atoms with E-state index >= 15 is 0 Å². The summed E-state index contributed by atoms with van der Waals surface area (Å²) in [6.45, 7) is 3.08. The Labute approximate surface area is 96.2 Å². The Morgan fingerprint density at radius 3 is 2.81 bits per heavy atom. The van der Waals surface area contributed by atoms with Crippen LogP contribution in [-0.4, -0.2) is 19.5 Å². The molecule has 3 heteroatoms. The Balaban J connectivity index is 2.11. The molecule has 0 radical (unpaired) electrons. The third-order valence-electron chi connectivity index (χ3n) is 3.00. The number of rotatable bonds is 4. The number of nitrogens with one attached hydrogen (secondary N) is 2. The van der Waals surface area contributed by atoms with Gasteiger partial charge in [0.1, 0.15) is 0 Å². The summed E-state index contributed by atoms with van der Waals surface area (Å²) in [5, 5.41) is 6.05. The Bertz CT molecular complexity index is 397. The summed E-state index contributed by atoms with van der Waals surface area (Å²) in [7, 11) is 1.65. The van der Waals surface area contributed by atoms with Crippen LogP contribution in [0.15, 0.2) is 18.2 Å². The molecule has 2 rings (SSSR count). The van der Waals surface area contributed by atoms with E-state index in [1.54, 1.807) is 7.05 Å². The Hall–Kier alpha value is -1.51. The maximum atomic E-state index is 11.5. The minimum atomic E-state index is -0.0329. The zero-order chi connectivity index (χ0) is 11.5. The van der Waals surface area contributed by atoms with Crippen molar-refractivity contribution in [1.82, 2.24) is 5.32 Å². The Morgan fingerprint density at radius 2 is 2.19 bits per heavy atom. The van der Waals surface area contributed by atoms with Gasteiger partial charge in [-0.2, -0.15) is 0 Å². The van der Waals surface area contributed by atoms with Crippen LogP contribution in [0.3, 0.4) is 0 Å². The van der Waals surface area contributed by atoms with Gasteiger partial charge in [0.25, 0.3) is 5.91 Å². The minimum Gasteiger partial charge on any atom is -0.385 e. The van der Waals surface area contributed by atoms with Crippen molar-refractivity contribution >= 4 is 11.6 Å². The second kappa shape index (κ2) is 4.56. The average Bonchev–Trinajstić information content (AvgIpc) is 3.11. The van der Waals surface area contributed by atoms with Crippen LogP contribution in [0.1, 0.15) is 28.8 Å². The molecule has 2 N–H and O–H groups in total. The molecule has 86 valence electrons. The van der Waals surface area contributed by atoms with Crippen molar-refractivity contribution in [3.8, 4) is 0 Å².